The van der Waals surface area contributed by atoms with Gasteiger partial charge in [-0.15, -0.1) is 11.3 Å². The standard InChI is InChI=1S/C12H23N3OS/c1-4-15(5-2)12-14-9-11(17-12)8-13-10(3)6-7-16/h9-10,13,16H,4-8H2,1-3H3. The Kier molecular flexibility index (Phi) is 6.47. The number of nitrogens with zero attached hydrogens (tertiary/aromatic N) is 2. The number of hydrogen-bond acceptors (Lipinski definition) is 5. The summed E-state index contributed by atoms with van der Waals surface area (Å²) in [6.45, 7) is 9.44. The minimum absolute atomic E-state index is 0.238. The minimum atomic E-state index is 0.238. The van der Waals surface area contributed by atoms with Gasteiger partial charge in [0, 0.05) is 43.4 Å². The summed E-state index contributed by atoms with van der Waals surface area (Å²) in [5, 5.41) is 13.3. The zero-order valence-corrected chi connectivity index (χ0v) is 11.8. The highest BCUT2D eigenvalue weighted by Gasteiger charge is 2.08. The molecule has 0 aliphatic rings. The van der Waals surface area contributed by atoms with Crippen molar-refractivity contribution in [2.24, 2.45) is 0 Å². The zero-order chi connectivity index (χ0) is 12.7. The van der Waals surface area contributed by atoms with Gasteiger partial charge in [0.2, 0.25) is 0 Å². The van der Waals surface area contributed by atoms with E-state index < -0.39 is 0 Å². The van der Waals surface area contributed by atoms with Gasteiger partial charge in [-0.05, 0) is 27.2 Å². The molecule has 0 fully saturated rings. The Morgan fingerprint density at radius 2 is 2.18 bits per heavy atom. The van der Waals surface area contributed by atoms with Crippen LogP contribution in [0, 0.1) is 0 Å². The highest BCUT2D eigenvalue weighted by atomic mass is 32.1. The van der Waals surface area contributed by atoms with E-state index >= 15 is 0 Å². The maximum atomic E-state index is 8.82. The van der Waals surface area contributed by atoms with Crippen molar-refractivity contribution in [3.05, 3.63) is 11.1 Å². The summed E-state index contributed by atoms with van der Waals surface area (Å²) in [5.41, 5.74) is 0. The van der Waals surface area contributed by atoms with Gasteiger partial charge in [-0.2, -0.15) is 0 Å². The second-order valence-corrected chi connectivity index (χ2v) is 5.17. The van der Waals surface area contributed by atoms with E-state index in [1.165, 1.54) is 4.88 Å². The van der Waals surface area contributed by atoms with Gasteiger partial charge in [-0.25, -0.2) is 4.98 Å². The van der Waals surface area contributed by atoms with Crippen LogP contribution in [0.1, 0.15) is 32.1 Å². The van der Waals surface area contributed by atoms with Crippen LogP contribution in [-0.2, 0) is 6.54 Å². The SMILES string of the molecule is CCN(CC)c1ncc(CNC(C)CCO)s1. The third kappa shape index (κ3) is 4.61. The molecule has 5 heteroatoms. The zero-order valence-electron chi connectivity index (χ0n) is 10.9. The Labute approximate surface area is 108 Å². The molecule has 0 spiro atoms. The van der Waals surface area contributed by atoms with Crippen molar-refractivity contribution in [3.63, 3.8) is 0 Å². The highest BCUT2D eigenvalue weighted by molar-refractivity contribution is 7.15. The molecule has 0 bridgehead atoms. The van der Waals surface area contributed by atoms with Gasteiger partial charge in [0.25, 0.3) is 0 Å². The van der Waals surface area contributed by atoms with Crippen LogP contribution in [0.25, 0.3) is 0 Å². The molecule has 0 aromatic carbocycles. The summed E-state index contributed by atoms with van der Waals surface area (Å²) < 4.78 is 0. The molecule has 0 radical (unpaired) electrons. The number of rotatable bonds is 8. The minimum Gasteiger partial charge on any atom is -0.396 e. The first-order chi connectivity index (χ1) is 8.21. The lowest BCUT2D eigenvalue weighted by atomic mass is 10.2. The predicted octanol–water partition coefficient (Wildman–Crippen LogP) is 1.85. The Morgan fingerprint density at radius 3 is 2.76 bits per heavy atom. The lowest BCUT2D eigenvalue weighted by Crippen LogP contribution is -2.25. The highest BCUT2D eigenvalue weighted by Crippen LogP contribution is 2.22. The van der Waals surface area contributed by atoms with Crippen LogP contribution in [0.2, 0.25) is 0 Å². The van der Waals surface area contributed by atoms with E-state index in [2.05, 4.69) is 36.0 Å². The van der Waals surface area contributed by atoms with Gasteiger partial charge in [0.1, 0.15) is 0 Å². The summed E-state index contributed by atoms with van der Waals surface area (Å²) in [4.78, 5) is 7.94. The van der Waals surface area contributed by atoms with Crippen LogP contribution in [0.5, 0.6) is 0 Å². The molecule has 0 amide bonds. The number of thiazole rings is 1. The fraction of sp³-hybridized carbons (Fsp3) is 0.750. The normalized spacial score (nSPS) is 12.7. The number of aliphatic hydroxyl groups excluding tert-OH is 1. The van der Waals surface area contributed by atoms with Crippen molar-refractivity contribution < 1.29 is 5.11 Å². The van der Waals surface area contributed by atoms with E-state index in [0.29, 0.717) is 6.04 Å². The van der Waals surface area contributed by atoms with Crippen LogP contribution < -0.4 is 10.2 Å². The van der Waals surface area contributed by atoms with Crippen molar-refractivity contribution in [2.75, 3.05) is 24.6 Å². The Balaban J connectivity index is 2.45. The van der Waals surface area contributed by atoms with Crippen LogP contribution in [0.4, 0.5) is 5.13 Å². The van der Waals surface area contributed by atoms with Gasteiger partial charge in [0.05, 0.1) is 0 Å². The molecular weight excluding hydrogens is 234 g/mol. The van der Waals surface area contributed by atoms with Crippen molar-refractivity contribution >= 4 is 16.5 Å². The summed E-state index contributed by atoms with van der Waals surface area (Å²) in [6, 6.07) is 0.346. The van der Waals surface area contributed by atoms with Crippen molar-refractivity contribution in [2.45, 2.75) is 39.8 Å². The molecule has 2 N–H and O–H groups in total. The molecule has 0 saturated heterocycles. The number of aromatic nitrogens is 1. The molecule has 1 heterocycles. The molecule has 1 aromatic heterocycles. The topological polar surface area (TPSA) is 48.4 Å². The largest absolute Gasteiger partial charge is 0.396 e. The molecule has 0 aliphatic heterocycles. The monoisotopic (exact) mass is 257 g/mol. The van der Waals surface area contributed by atoms with Gasteiger partial charge in [-0.1, -0.05) is 0 Å². The molecule has 0 aliphatic carbocycles. The maximum absolute atomic E-state index is 8.82. The number of aliphatic hydroxyl groups is 1. The predicted molar refractivity (Wildman–Crippen MR) is 73.7 cm³/mol. The summed E-state index contributed by atoms with van der Waals surface area (Å²) in [6.07, 6.45) is 2.73. The van der Waals surface area contributed by atoms with E-state index in [9.17, 15) is 0 Å². The number of nitrogens with one attached hydrogen (secondary N) is 1. The lowest BCUT2D eigenvalue weighted by molar-refractivity contribution is 0.269. The fourth-order valence-electron chi connectivity index (χ4n) is 1.59. The molecular formula is C12H23N3OS. The van der Waals surface area contributed by atoms with Crippen LogP contribution in [0.15, 0.2) is 6.20 Å². The molecule has 17 heavy (non-hydrogen) atoms. The number of anilines is 1. The Morgan fingerprint density at radius 1 is 1.47 bits per heavy atom. The molecule has 98 valence electrons. The average molecular weight is 257 g/mol. The smallest absolute Gasteiger partial charge is 0.185 e. The van der Waals surface area contributed by atoms with E-state index in [4.69, 9.17) is 5.11 Å². The first-order valence-electron chi connectivity index (χ1n) is 6.25. The Hall–Kier alpha value is -0.650. The second kappa shape index (κ2) is 7.63. The fourth-order valence-corrected chi connectivity index (χ4v) is 2.58. The molecule has 1 rings (SSSR count). The van der Waals surface area contributed by atoms with E-state index in [1.54, 1.807) is 11.3 Å². The quantitative estimate of drug-likeness (QED) is 0.746. The van der Waals surface area contributed by atoms with Gasteiger partial charge >= 0.3 is 0 Å². The van der Waals surface area contributed by atoms with E-state index in [1.807, 2.05) is 6.20 Å². The van der Waals surface area contributed by atoms with Crippen molar-refractivity contribution in [1.29, 1.82) is 0 Å². The van der Waals surface area contributed by atoms with E-state index in [-0.39, 0.29) is 6.61 Å². The first kappa shape index (κ1) is 14.4. The van der Waals surface area contributed by atoms with Gasteiger partial charge in [-0.3, -0.25) is 0 Å². The third-order valence-corrected chi connectivity index (χ3v) is 3.82. The number of hydrogen-bond donors (Lipinski definition) is 2. The van der Waals surface area contributed by atoms with Gasteiger partial charge < -0.3 is 15.3 Å². The average Bonchev–Trinajstić information content (AvgIpc) is 2.77. The molecule has 4 nitrogen and oxygen atoms in total. The first-order valence-corrected chi connectivity index (χ1v) is 7.06. The maximum Gasteiger partial charge on any atom is 0.185 e. The van der Waals surface area contributed by atoms with Gasteiger partial charge in [0.15, 0.2) is 5.13 Å². The Bertz CT molecular complexity index is 312. The summed E-state index contributed by atoms with van der Waals surface area (Å²) in [5.74, 6) is 0. The summed E-state index contributed by atoms with van der Waals surface area (Å²) >= 11 is 1.74. The lowest BCUT2D eigenvalue weighted by Gasteiger charge is -2.16. The van der Waals surface area contributed by atoms with Crippen molar-refractivity contribution in [1.82, 2.24) is 10.3 Å². The third-order valence-electron chi connectivity index (χ3n) is 2.76. The molecule has 0 saturated carbocycles. The van der Waals surface area contributed by atoms with E-state index in [0.717, 1.165) is 31.2 Å². The van der Waals surface area contributed by atoms with Crippen LogP contribution in [-0.4, -0.2) is 35.8 Å². The molecule has 1 unspecified atom stereocenters. The van der Waals surface area contributed by atoms with Crippen LogP contribution in [0.3, 0.4) is 0 Å². The summed E-state index contributed by atoms with van der Waals surface area (Å²) in [7, 11) is 0. The molecule has 1 aromatic rings. The van der Waals surface area contributed by atoms with Crippen molar-refractivity contribution in [3.8, 4) is 0 Å². The molecule has 1 atom stereocenters. The second-order valence-electron chi connectivity index (χ2n) is 4.08. The van der Waals surface area contributed by atoms with Crippen LogP contribution >= 0.6 is 11.3 Å².